The SMILES string of the molecule is c1ccc(C2CC([P+](c3ccccc3)(c3ccccc3)c3ccccc3)=NN2)cc1. The van der Waals surface area contributed by atoms with Gasteiger partial charge >= 0.3 is 0 Å². The second-order valence-electron chi connectivity index (χ2n) is 7.50. The highest BCUT2D eigenvalue weighted by molar-refractivity contribution is 8.08. The van der Waals surface area contributed by atoms with Crippen LogP contribution in [0.1, 0.15) is 18.0 Å². The summed E-state index contributed by atoms with van der Waals surface area (Å²) in [5, 5.41) is 9.04. The lowest BCUT2D eigenvalue weighted by Gasteiger charge is -2.26. The molecule has 0 amide bonds. The Labute approximate surface area is 178 Å². The van der Waals surface area contributed by atoms with Crippen molar-refractivity contribution in [3.05, 3.63) is 127 Å². The summed E-state index contributed by atoms with van der Waals surface area (Å²) < 4.78 is 0. The molecule has 0 bridgehead atoms. The first-order valence-electron chi connectivity index (χ1n) is 10.3. The fraction of sp³-hybridized carbons (Fsp3) is 0.0741. The van der Waals surface area contributed by atoms with Crippen molar-refractivity contribution in [2.45, 2.75) is 12.5 Å². The monoisotopic (exact) mass is 407 g/mol. The lowest BCUT2D eigenvalue weighted by Crippen LogP contribution is -2.36. The Morgan fingerprint density at radius 3 is 1.40 bits per heavy atom. The van der Waals surface area contributed by atoms with Gasteiger partial charge in [0.2, 0.25) is 0 Å². The van der Waals surface area contributed by atoms with E-state index >= 15 is 0 Å². The molecule has 1 aliphatic heterocycles. The first-order chi connectivity index (χ1) is 14.9. The Bertz CT molecular complexity index is 1030. The minimum atomic E-state index is -2.07. The van der Waals surface area contributed by atoms with E-state index in [0.717, 1.165) is 6.42 Å². The topological polar surface area (TPSA) is 24.4 Å². The van der Waals surface area contributed by atoms with Gasteiger partial charge in [-0.2, -0.15) is 0 Å². The van der Waals surface area contributed by atoms with E-state index in [0.29, 0.717) is 0 Å². The van der Waals surface area contributed by atoms with Crippen LogP contribution < -0.4 is 21.3 Å². The molecule has 1 atom stereocenters. The molecule has 0 fully saturated rings. The van der Waals surface area contributed by atoms with Gasteiger partial charge in [0.05, 0.1) is 12.5 Å². The highest BCUT2D eigenvalue weighted by Gasteiger charge is 2.53. The van der Waals surface area contributed by atoms with Gasteiger partial charge < -0.3 is 0 Å². The Hall–Kier alpha value is -3.22. The van der Waals surface area contributed by atoms with E-state index in [4.69, 9.17) is 5.10 Å². The van der Waals surface area contributed by atoms with Crippen LogP contribution in [0.25, 0.3) is 0 Å². The molecule has 5 rings (SSSR count). The van der Waals surface area contributed by atoms with Gasteiger partial charge in [0.15, 0.2) is 12.7 Å². The van der Waals surface area contributed by atoms with Gasteiger partial charge in [-0.25, -0.2) is 0 Å². The second-order valence-corrected chi connectivity index (χ2v) is 10.9. The Balaban J connectivity index is 1.71. The summed E-state index contributed by atoms with van der Waals surface area (Å²) in [6, 6.07) is 43.6. The van der Waals surface area contributed by atoms with Crippen molar-refractivity contribution in [1.82, 2.24) is 5.43 Å². The van der Waals surface area contributed by atoms with E-state index in [1.807, 2.05) is 0 Å². The van der Waals surface area contributed by atoms with E-state index in [-0.39, 0.29) is 6.04 Å². The Morgan fingerprint density at radius 2 is 0.967 bits per heavy atom. The number of hydrazone groups is 1. The molecule has 4 aromatic carbocycles. The van der Waals surface area contributed by atoms with Crippen LogP contribution in [0.3, 0.4) is 0 Å². The molecule has 1 N–H and O–H groups in total. The predicted octanol–water partition coefficient (Wildman–Crippen LogP) is 5.03. The van der Waals surface area contributed by atoms with Crippen molar-refractivity contribution < 1.29 is 0 Å². The van der Waals surface area contributed by atoms with Crippen molar-refractivity contribution >= 4 is 28.6 Å². The molecule has 4 aromatic rings. The quantitative estimate of drug-likeness (QED) is 0.461. The van der Waals surface area contributed by atoms with Gasteiger partial charge in [0.1, 0.15) is 15.9 Å². The van der Waals surface area contributed by atoms with Crippen LogP contribution in [0, 0.1) is 0 Å². The molecule has 1 heterocycles. The average Bonchev–Trinajstić information content (AvgIpc) is 3.33. The van der Waals surface area contributed by atoms with Gasteiger partial charge in [-0.1, -0.05) is 84.9 Å². The molecule has 30 heavy (non-hydrogen) atoms. The van der Waals surface area contributed by atoms with Crippen molar-refractivity contribution in [3.63, 3.8) is 0 Å². The highest BCUT2D eigenvalue weighted by atomic mass is 31.2. The third-order valence-electron chi connectivity index (χ3n) is 5.76. The zero-order valence-electron chi connectivity index (χ0n) is 16.7. The largest absolute Gasteiger partial charge is 0.299 e. The van der Waals surface area contributed by atoms with Gasteiger partial charge in [0.25, 0.3) is 0 Å². The molecule has 0 saturated carbocycles. The molecule has 146 valence electrons. The van der Waals surface area contributed by atoms with Gasteiger partial charge in [-0.05, 0) is 42.0 Å². The summed E-state index contributed by atoms with van der Waals surface area (Å²) in [5.74, 6) is 0. The number of nitrogens with zero attached hydrogens (tertiary/aromatic N) is 1. The molecule has 3 heteroatoms. The molecule has 0 radical (unpaired) electrons. The molecule has 0 saturated heterocycles. The molecule has 1 unspecified atom stereocenters. The van der Waals surface area contributed by atoms with Crippen molar-refractivity contribution in [2.24, 2.45) is 5.10 Å². The van der Waals surface area contributed by atoms with Crippen molar-refractivity contribution in [3.8, 4) is 0 Å². The van der Waals surface area contributed by atoms with E-state index < -0.39 is 7.26 Å². The Morgan fingerprint density at radius 1 is 0.567 bits per heavy atom. The number of benzene rings is 4. The number of hydrogen-bond donors (Lipinski definition) is 1. The average molecular weight is 407 g/mol. The van der Waals surface area contributed by atoms with Crippen LogP contribution in [0.4, 0.5) is 0 Å². The summed E-state index contributed by atoms with van der Waals surface area (Å²) in [7, 11) is -2.07. The summed E-state index contributed by atoms with van der Waals surface area (Å²) in [6.45, 7) is 0. The summed E-state index contributed by atoms with van der Waals surface area (Å²) in [6.07, 6.45) is 0.899. The van der Waals surface area contributed by atoms with Gasteiger partial charge in [0, 0.05) is 0 Å². The van der Waals surface area contributed by atoms with Crippen LogP contribution in [0.15, 0.2) is 126 Å². The zero-order chi connectivity index (χ0) is 20.2. The number of nitrogens with one attached hydrogen (secondary N) is 1. The second kappa shape index (κ2) is 8.26. The maximum Gasteiger partial charge on any atom is 0.194 e. The standard InChI is InChI=1S/C27H24N2P/c1-5-13-22(14-6-1)26-21-27(29-28-26)30(23-15-7-2-8-16-23,24-17-9-3-10-18-24)25-19-11-4-12-20-25/h1-20,26,28H,21H2/q+1. The van der Waals surface area contributed by atoms with Crippen LogP contribution >= 0.6 is 7.26 Å². The fourth-order valence-electron chi connectivity index (χ4n) is 4.37. The molecule has 0 spiro atoms. The molecule has 0 aliphatic carbocycles. The summed E-state index contributed by atoms with van der Waals surface area (Å²) in [4.78, 5) is 0. The maximum absolute atomic E-state index is 5.01. The minimum absolute atomic E-state index is 0.205. The van der Waals surface area contributed by atoms with Crippen LogP contribution in [0.5, 0.6) is 0 Å². The third kappa shape index (κ3) is 3.24. The summed E-state index contributed by atoms with van der Waals surface area (Å²) >= 11 is 0. The van der Waals surface area contributed by atoms with E-state index in [1.165, 1.54) is 26.9 Å². The summed E-state index contributed by atoms with van der Waals surface area (Å²) in [5.41, 5.74) is 5.98. The van der Waals surface area contributed by atoms with Gasteiger partial charge in [-0.3, -0.25) is 5.43 Å². The Kier molecular flexibility index (Phi) is 5.17. The predicted molar refractivity (Wildman–Crippen MR) is 130 cm³/mol. The lowest BCUT2D eigenvalue weighted by molar-refractivity contribution is 0.620. The molecule has 1 aliphatic rings. The fourth-order valence-corrected chi connectivity index (χ4v) is 8.68. The molecular formula is C27H24N2P+. The highest BCUT2D eigenvalue weighted by Crippen LogP contribution is 2.59. The normalized spacial score (nSPS) is 16.0. The number of hydrogen-bond acceptors (Lipinski definition) is 2. The van der Waals surface area contributed by atoms with Crippen LogP contribution in [0.2, 0.25) is 0 Å². The maximum atomic E-state index is 5.01. The van der Waals surface area contributed by atoms with Crippen LogP contribution in [-0.4, -0.2) is 5.45 Å². The van der Waals surface area contributed by atoms with Crippen molar-refractivity contribution in [1.29, 1.82) is 0 Å². The van der Waals surface area contributed by atoms with E-state index in [1.54, 1.807) is 0 Å². The first-order valence-corrected chi connectivity index (χ1v) is 12.1. The van der Waals surface area contributed by atoms with Gasteiger partial charge in [-0.15, -0.1) is 5.10 Å². The zero-order valence-corrected chi connectivity index (χ0v) is 17.6. The minimum Gasteiger partial charge on any atom is -0.299 e. The number of rotatable bonds is 5. The third-order valence-corrected chi connectivity index (χ3v) is 10.0. The molecular weight excluding hydrogens is 383 g/mol. The van der Waals surface area contributed by atoms with E-state index in [9.17, 15) is 0 Å². The molecule has 2 nitrogen and oxygen atoms in total. The first kappa shape index (κ1) is 18.8. The van der Waals surface area contributed by atoms with Crippen LogP contribution in [-0.2, 0) is 0 Å². The molecule has 0 aromatic heterocycles. The smallest absolute Gasteiger partial charge is 0.194 e. The van der Waals surface area contributed by atoms with Crippen molar-refractivity contribution in [2.75, 3.05) is 0 Å². The lowest BCUT2D eigenvalue weighted by atomic mass is 10.1. The van der Waals surface area contributed by atoms with E-state index in [2.05, 4.69) is 127 Å².